The van der Waals surface area contributed by atoms with Gasteiger partial charge in [0.1, 0.15) is 6.10 Å². The van der Waals surface area contributed by atoms with E-state index in [4.69, 9.17) is 5.11 Å². The fourth-order valence-corrected chi connectivity index (χ4v) is 1.64. The molecule has 2 rings (SSSR count). The topological polar surface area (TPSA) is 77.8 Å². The molecule has 0 amide bonds. The number of carbonyl (C=O) groups is 1. The third-order valence-corrected chi connectivity index (χ3v) is 2.57. The summed E-state index contributed by atoms with van der Waals surface area (Å²) in [7, 11) is 0. The van der Waals surface area contributed by atoms with Gasteiger partial charge in [-0.05, 0) is 17.2 Å². The fourth-order valence-electron chi connectivity index (χ4n) is 1.64. The van der Waals surface area contributed by atoms with Gasteiger partial charge in [-0.3, -0.25) is 0 Å². The quantitative estimate of drug-likeness (QED) is 0.627. The van der Waals surface area contributed by atoms with E-state index in [1.165, 1.54) is 6.08 Å². The lowest BCUT2D eigenvalue weighted by Crippen LogP contribution is -2.44. The Morgan fingerprint density at radius 3 is 2.67 bits per heavy atom. The van der Waals surface area contributed by atoms with Gasteiger partial charge >= 0.3 is 5.97 Å². The minimum atomic E-state index is -2.23. The van der Waals surface area contributed by atoms with E-state index in [2.05, 4.69) is 0 Å². The highest BCUT2D eigenvalue weighted by Gasteiger charge is 2.44. The van der Waals surface area contributed by atoms with Crippen LogP contribution in [0.1, 0.15) is 17.2 Å². The molecule has 0 unspecified atom stereocenters. The number of benzene rings is 1. The third kappa shape index (κ3) is 1.35. The second kappa shape index (κ2) is 3.18. The van der Waals surface area contributed by atoms with Crippen molar-refractivity contribution in [2.24, 2.45) is 0 Å². The van der Waals surface area contributed by atoms with Crippen molar-refractivity contribution < 1.29 is 20.1 Å². The average molecular weight is 206 g/mol. The Hall–Kier alpha value is -1.65. The number of aliphatic carboxylic acids is 1. The van der Waals surface area contributed by atoms with Crippen molar-refractivity contribution in [3.63, 3.8) is 0 Å². The number of carboxylic acids is 1. The lowest BCUT2D eigenvalue weighted by atomic mass is 9.83. The molecule has 0 radical (unpaired) electrons. The van der Waals surface area contributed by atoms with Crippen molar-refractivity contribution >= 4 is 12.0 Å². The Labute approximate surface area is 86.1 Å². The highest BCUT2D eigenvalue weighted by atomic mass is 16.4. The lowest BCUT2D eigenvalue weighted by Gasteiger charge is -2.30. The van der Waals surface area contributed by atoms with Crippen molar-refractivity contribution in [3.05, 3.63) is 41.5 Å². The second-order valence-electron chi connectivity index (χ2n) is 3.50. The zero-order valence-electron chi connectivity index (χ0n) is 7.79. The summed E-state index contributed by atoms with van der Waals surface area (Å²) >= 11 is 0. The number of fused-ring (bicyclic) bond motifs is 1. The SMILES string of the molecule is O=C(O)[C@@]1(O)C=Cc2ccccc2[C@@H]1O. The van der Waals surface area contributed by atoms with Crippen LogP contribution in [0.4, 0.5) is 0 Å². The van der Waals surface area contributed by atoms with Crippen LogP contribution in [0.5, 0.6) is 0 Å². The number of carboxylic acid groups (broad SMARTS) is 1. The Bertz CT molecular complexity index is 438. The number of aliphatic hydroxyl groups excluding tert-OH is 1. The van der Waals surface area contributed by atoms with E-state index in [-0.39, 0.29) is 0 Å². The van der Waals surface area contributed by atoms with Crippen molar-refractivity contribution in [3.8, 4) is 0 Å². The normalized spacial score (nSPS) is 28.5. The average Bonchev–Trinajstić information content (AvgIpc) is 2.24. The highest BCUT2D eigenvalue weighted by molar-refractivity contribution is 5.84. The molecule has 0 bridgehead atoms. The van der Waals surface area contributed by atoms with E-state index in [1.54, 1.807) is 24.3 Å². The molecule has 0 saturated carbocycles. The van der Waals surface area contributed by atoms with E-state index >= 15 is 0 Å². The maximum Gasteiger partial charge on any atom is 0.342 e. The molecule has 3 N–H and O–H groups in total. The summed E-state index contributed by atoms with van der Waals surface area (Å²) in [4.78, 5) is 10.8. The van der Waals surface area contributed by atoms with E-state index in [9.17, 15) is 15.0 Å². The van der Waals surface area contributed by atoms with Crippen LogP contribution in [-0.4, -0.2) is 26.9 Å². The first-order valence-corrected chi connectivity index (χ1v) is 4.47. The molecule has 0 fully saturated rings. The van der Waals surface area contributed by atoms with Crippen molar-refractivity contribution in [1.82, 2.24) is 0 Å². The van der Waals surface area contributed by atoms with Gasteiger partial charge in [-0.15, -0.1) is 0 Å². The Kier molecular flexibility index (Phi) is 2.10. The van der Waals surface area contributed by atoms with Gasteiger partial charge in [0.25, 0.3) is 0 Å². The molecular weight excluding hydrogens is 196 g/mol. The molecule has 15 heavy (non-hydrogen) atoms. The molecule has 2 atom stereocenters. The summed E-state index contributed by atoms with van der Waals surface area (Å²) in [5, 5.41) is 28.3. The standard InChI is InChI=1S/C11H10O4/c12-9-8-4-2-1-3-7(8)5-6-11(9,15)10(13)14/h1-6,9,12,15H,(H,13,14)/t9-,11+/m0/s1. The van der Waals surface area contributed by atoms with Crippen LogP contribution in [0, 0.1) is 0 Å². The van der Waals surface area contributed by atoms with Crippen LogP contribution in [0.3, 0.4) is 0 Å². The van der Waals surface area contributed by atoms with Crippen LogP contribution in [0.2, 0.25) is 0 Å². The van der Waals surface area contributed by atoms with Crippen LogP contribution in [0.25, 0.3) is 6.08 Å². The molecule has 4 heteroatoms. The van der Waals surface area contributed by atoms with Gasteiger partial charge in [0.05, 0.1) is 0 Å². The maximum atomic E-state index is 10.8. The molecular formula is C11H10O4. The molecule has 0 heterocycles. The minimum absolute atomic E-state index is 0.421. The summed E-state index contributed by atoms with van der Waals surface area (Å²) in [5.74, 6) is -1.46. The van der Waals surface area contributed by atoms with Gasteiger partial charge in [-0.25, -0.2) is 4.79 Å². The number of aliphatic hydroxyl groups is 2. The zero-order chi connectivity index (χ0) is 11.1. The van der Waals surface area contributed by atoms with Crippen molar-refractivity contribution in [2.75, 3.05) is 0 Å². The number of rotatable bonds is 1. The van der Waals surface area contributed by atoms with Gasteiger partial charge in [-0.2, -0.15) is 0 Å². The Morgan fingerprint density at radius 2 is 2.00 bits per heavy atom. The summed E-state index contributed by atoms with van der Waals surface area (Å²) in [5.41, 5.74) is -1.09. The van der Waals surface area contributed by atoms with E-state index in [1.807, 2.05) is 0 Å². The van der Waals surface area contributed by atoms with E-state index in [0.29, 0.717) is 5.56 Å². The first-order chi connectivity index (χ1) is 7.05. The predicted molar refractivity (Wildman–Crippen MR) is 53.0 cm³/mol. The maximum absolute atomic E-state index is 10.8. The molecule has 0 aliphatic heterocycles. The zero-order valence-corrected chi connectivity index (χ0v) is 7.79. The molecule has 1 aliphatic carbocycles. The summed E-state index contributed by atoms with van der Waals surface area (Å²) in [6.07, 6.45) is 1.16. The summed E-state index contributed by atoms with van der Waals surface area (Å²) in [6.45, 7) is 0. The van der Waals surface area contributed by atoms with E-state index < -0.39 is 17.7 Å². The largest absolute Gasteiger partial charge is 0.479 e. The molecule has 1 aliphatic rings. The predicted octanol–water partition coefficient (Wildman–Crippen LogP) is 0.563. The van der Waals surface area contributed by atoms with Gasteiger partial charge in [-0.1, -0.05) is 30.3 Å². The van der Waals surface area contributed by atoms with Crippen LogP contribution < -0.4 is 0 Å². The first-order valence-electron chi connectivity index (χ1n) is 4.47. The van der Waals surface area contributed by atoms with Gasteiger partial charge in [0, 0.05) is 0 Å². The second-order valence-corrected chi connectivity index (χ2v) is 3.50. The lowest BCUT2D eigenvalue weighted by molar-refractivity contribution is -0.164. The van der Waals surface area contributed by atoms with Crippen molar-refractivity contribution in [2.45, 2.75) is 11.7 Å². The Morgan fingerprint density at radius 1 is 1.33 bits per heavy atom. The fraction of sp³-hybridized carbons (Fsp3) is 0.182. The van der Waals surface area contributed by atoms with Crippen molar-refractivity contribution in [1.29, 1.82) is 0 Å². The van der Waals surface area contributed by atoms with Gasteiger partial charge < -0.3 is 15.3 Å². The first kappa shape index (κ1) is 9.89. The summed E-state index contributed by atoms with van der Waals surface area (Å²) < 4.78 is 0. The van der Waals surface area contributed by atoms with Crippen LogP contribution >= 0.6 is 0 Å². The molecule has 0 saturated heterocycles. The molecule has 1 aromatic carbocycles. The molecule has 1 aromatic rings. The Balaban J connectivity index is 2.54. The monoisotopic (exact) mass is 206 g/mol. The summed E-state index contributed by atoms with van der Waals surface area (Å²) in [6, 6.07) is 6.80. The molecule has 4 nitrogen and oxygen atoms in total. The molecule has 0 aromatic heterocycles. The van der Waals surface area contributed by atoms with Crippen LogP contribution in [-0.2, 0) is 4.79 Å². The highest BCUT2D eigenvalue weighted by Crippen LogP contribution is 2.35. The minimum Gasteiger partial charge on any atom is -0.479 e. The molecule has 78 valence electrons. The third-order valence-electron chi connectivity index (χ3n) is 2.57. The van der Waals surface area contributed by atoms with Gasteiger partial charge in [0.2, 0.25) is 5.60 Å². The van der Waals surface area contributed by atoms with Gasteiger partial charge in [0.15, 0.2) is 0 Å². The van der Waals surface area contributed by atoms with Crippen LogP contribution in [0.15, 0.2) is 30.3 Å². The smallest absolute Gasteiger partial charge is 0.342 e. The molecule has 0 spiro atoms. The number of hydrogen-bond donors (Lipinski definition) is 3. The van der Waals surface area contributed by atoms with E-state index in [0.717, 1.165) is 11.6 Å². The number of hydrogen-bond acceptors (Lipinski definition) is 3.